The summed E-state index contributed by atoms with van der Waals surface area (Å²) < 4.78 is 0. The molecule has 0 rings (SSSR count). The van der Waals surface area contributed by atoms with E-state index in [0.717, 1.165) is 4.90 Å². The number of carbonyl (C=O) groups is 4. The molecular weight excluding hydrogens is 310 g/mol. The molecule has 10 nitrogen and oxygen atoms in total. The molecule has 0 aliphatic heterocycles. The molecule has 134 valence electrons. The number of carbonyl (C=O) groups excluding carboxylic acids is 1. The van der Waals surface area contributed by atoms with Crippen molar-refractivity contribution in [2.24, 2.45) is 0 Å². The van der Waals surface area contributed by atoms with Crippen LogP contribution in [0, 0.1) is 0 Å². The quantitative estimate of drug-likeness (QED) is 0.358. The van der Waals surface area contributed by atoms with Crippen molar-refractivity contribution in [3.63, 3.8) is 0 Å². The molecule has 23 heavy (non-hydrogen) atoms. The van der Waals surface area contributed by atoms with Crippen LogP contribution < -0.4 is 5.32 Å². The lowest BCUT2D eigenvalue weighted by molar-refractivity contribution is -0.143. The van der Waals surface area contributed by atoms with E-state index in [2.05, 4.69) is 5.32 Å². The minimum absolute atomic E-state index is 0.0167. The zero-order valence-corrected chi connectivity index (χ0v) is 13.6. The molecule has 0 unspecified atom stereocenters. The average Bonchev–Trinajstić information content (AvgIpc) is 2.44. The Morgan fingerprint density at radius 3 is 1.30 bits per heavy atom. The van der Waals surface area contributed by atoms with Crippen LogP contribution in [0.4, 0.5) is 0 Å². The summed E-state index contributed by atoms with van der Waals surface area (Å²) in [7, 11) is 1.41. The molecule has 0 aliphatic rings. The molecule has 0 fully saturated rings. The van der Waals surface area contributed by atoms with Crippen LogP contribution in [0.1, 0.15) is 13.8 Å². The largest absolute Gasteiger partial charge is 0.480 e. The van der Waals surface area contributed by atoms with Gasteiger partial charge in [0.15, 0.2) is 0 Å². The average molecular weight is 335 g/mol. The number of hydrogen-bond donors (Lipinski definition) is 4. The number of hydrogen-bond acceptors (Lipinski definition) is 6. The molecular formula is C13H25N3O7. The number of nitrogens with zero attached hydrogens (tertiary/aromatic N) is 2. The zero-order chi connectivity index (χ0) is 18.4. The van der Waals surface area contributed by atoms with Crippen molar-refractivity contribution in [2.45, 2.75) is 13.8 Å². The second-order valence-electron chi connectivity index (χ2n) is 4.28. The van der Waals surface area contributed by atoms with Gasteiger partial charge in [-0.15, -0.1) is 0 Å². The smallest absolute Gasteiger partial charge is 0.317 e. The Hall–Kier alpha value is -2.20. The molecule has 0 radical (unpaired) electrons. The summed E-state index contributed by atoms with van der Waals surface area (Å²) in [6.45, 7) is 2.54. The first-order valence-corrected chi connectivity index (χ1v) is 7.05. The molecule has 0 aromatic rings. The lowest BCUT2D eigenvalue weighted by atomic mass is 10.3. The molecule has 0 bridgehead atoms. The first kappa shape index (κ1) is 23.1. The Bertz CT molecular complexity index is 385. The molecule has 10 heteroatoms. The molecule has 1 amide bonds. The van der Waals surface area contributed by atoms with Gasteiger partial charge in [0.25, 0.3) is 0 Å². The van der Waals surface area contributed by atoms with E-state index in [-0.39, 0.29) is 25.5 Å². The van der Waals surface area contributed by atoms with E-state index in [1.807, 2.05) is 13.8 Å². The Kier molecular flexibility index (Phi) is 13.5. The van der Waals surface area contributed by atoms with E-state index in [1.54, 1.807) is 0 Å². The van der Waals surface area contributed by atoms with Crippen molar-refractivity contribution in [2.75, 3.05) is 46.3 Å². The fraction of sp³-hybridized carbons (Fsp3) is 0.692. The number of rotatable bonds is 11. The molecule has 0 aliphatic carbocycles. The van der Waals surface area contributed by atoms with E-state index in [4.69, 9.17) is 15.3 Å². The highest BCUT2D eigenvalue weighted by Gasteiger charge is 2.17. The van der Waals surface area contributed by atoms with E-state index < -0.39 is 37.5 Å². The topological polar surface area (TPSA) is 147 Å². The van der Waals surface area contributed by atoms with Crippen molar-refractivity contribution >= 4 is 23.8 Å². The van der Waals surface area contributed by atoms with Crippen molar-refractivity contribution in [3.8, 4) is 0 Å². The maximum absolute atomic E-state index is 11.3. The molecule has 0 saturated carbocycles. The number of nitrogens with one attached hydrogen (secondary N) is 1. The third kappa shape index (κ3) is 14.5. The number of likely N-dealkylation sites (N-methyl/N-ethyl adjacent to an activating group) is 1. The second kappa shape index (κ2) is 13.5. The van der Waals surface area contributed by atoms with E-state index in [9.17, 15) is 19.2 Å². The highest BCUT2D eigenvalue weighted by Crippen LogP contribution is 1.94. The summed E-state index contributed by atoms with van der Waals surface area (Å²) in [5, 5.41) is 28.5. The minimum atomic E-state index is -1.19. The molecule has 0 aromatic heterocycles. The Morgan fingerprint density at radius 1 is 0.739 bits per heavy atom. The van der Waals surface area contributed by atoms with Gasteiger partial charge in [-0.2, -0.15) is 0 Å². The van der Waals surface area contributed by atoms with Gasteiger partial charge in [0.2, 0.25) is 5.91 Å². The maximum Gasteiger partial charge on any atom is 0.317 e. The van der Waals surface area contributed by atoms with Crippen molar-refractivity contribution in [1.29, 1.82) is 0 Å². The Morgan fingerprint density at radius 2 is 1.04 bits per heavy atom. The maximum atomic E-state index is 11.3. The predicted octanol–water partition coefficient (Wildman–Crippen LogP) is -1.38. The van der Waals surface area contributed by atoms with Crippen molar-refractivity contribution < 1.29 is 34.5 Å². The van der Waals surface area contributed by atoms with E-state index >= 15 is 0 Å². The van der Waals surface area contributed by atoms with Gasteiger partial charge in [0, 0.05) is 20.1 Å². The van der Waals surface area contributed by atoms with Crippen LogP contribution >= 0.6 is 0 Å². The summed E-state index contributed by atoms with van der Waals surface area (Å²) in [6, 6.07) is 0. The number of aliphatic carboxylic acids is 3. The summed E-state index contributed by atoms with van der Waals surface area (Å²) in [5.74, 6) is -3.90. The lowest BCUT2D eigenvalue weighted by Crippen LogP contribution is -2.44. The van der Waals surface area contributed by atoms with Crippen LogP contribution in [0.3, 0.4) is 0 Å². The molecule has 0 aromatic carbocycles. The van der Waals surface area contributed by atoms with Gasteiger partial charge in [-0.3, -0.25) is 29.0 Å². The van der Waals surface area contributed by atoms with Gasteiger partial charge in [-0.05, 0) is 0 Å². The lowest BCUT2D eigenvalue weighted by Gasteiger charge is -2.24. The van der Waals surface area contributed by atoms with Gasteiger partial charge in [-0.1, -0.05) is 13.8 Å². The number of carboxylic acids is 3. The molecule has 0 atom stereocenters. The van der Waals surface area contributed by atoms with Crippen LogP contribution in [0.15, 0.2) is 0 Å². The number of carboxylic acid groups (broad SMARTS) is 3. The first-order valence-electron chi connectivity index (χ1n) is 7.05. The fourth-order valence-corrected chi connectivity index (χ4v) is 1.57. The molecule has 0 heterocycles. The first-order chi connectivity index (χ1) is 10.7. The third-order valence-electron chi connectivity index (χ3n) is 2.46. The third-order valence-corrected chi connectivity index (χ3v) is 2.46. The molecule has 4 N–H and O–H groups in total. The van der Waals surface area contributed by atoms with Crippen LogP contribution in [0.2, 0.25) is 0 Å². The van der Waals surface area contributed by atoms with Crippen LogP contribution in [0.25, 0.3) is 0 Å². The standard InChI is InChI=1S/C11H19N3O7.C2H6/c1-12-8(15)4-13(5-9(16)17)2-3-14(6-10(18)19)7-11(20)21;1-2/h2-7H2,1H3,(H,12,15)(H,16,17)(H,18,19)(H,20,21);1-2H3. The SMILES string of the molecule is CC.CNC(=O)CN(CCN(CC(=O)O)CC(=O)O)CC(=O)O. The number of amides is 1. The van der Waals surface area contributed by atoms with E-state index in [0.29, 0.717) is 0 Å². The van der Waals surface area contributed by atoms with Crippen molar-refractivity contribution in [3.05, 3.63) is 0 Å². The van der Waals surface area contributed by atoms with Crippen LogP contribution in [0.5, 0.6) is 0 Å². The summed E-state index contributed by atoms with van der Waals surface area (Å²) in [5.41, 5.74) is 0. The van der Waals surface area contributed by atoms with Crippen LogP contribution in [-0.2, 0) is 19.2 Å². The Labute approximate surface area is 134 Å². The highest BCUT2D eigenvalue weighted by molar-refractivity contribution is 5.78. The second-order valence-corrected chi connectivity index (χ2v) is 4.28. The zero-order valence-electron chi connectivity index (χ0n) is 13.6. The van der Waals surface area contributed by atoms with E-state index in [1.165, 1.54) is 11.9 Å². The minimum Gasteiger partial charge on any atom is -0.480 e. The molecule has 0 spiro atoms. The highest BCUT2D eigenvalue weighted by atomic mass is 16.4. The normalized spacial score (nSPS) is 9.96. The van der Waals surface area contributed by atoms with Gasteiger partial charge >= 0.3 is 17.9 Å². The Balaban J connectivity index is 0. The van der Waals surface area contributed by atoms with Gasteiger partial charge in [0.1, 0.15) is 0 Å². The summed E-state index contributed by atoms with van der Waals surface area (Å²) in [4.78, 5) is 45.7. The molecule has 0 saturated heterocycles. The summed E-state index contributed by atoms with van der Waals surface area (Å²) in [6.07, 6.45) is 0. The van der Waals surface area contributed by atoms with Crippen molar-refractivity contribution in [1.82, 2.24) is 15.1 Å². The van der Waals surface area contributed by atoms with Gasteiger partial charge in [-0.25, -0.2) is 0 Å². The summed E-state index contributed by atoms with van der Waals surface area (Å²) >= 11 is 0. The monoisotopic (exact) mass is 335 g/mol. The van der Waals surface area contributed by atoms with Gasteiger partial charge in [0.05, 0.1) is 26.2 Å². The van der Waals surface area contributed by atoms with Crippen LogP contribution in [-0.4, -0.2) is 95.3 Å². The predicted molar refractivity (Wildman–Crippen MR) is 81.2 cm³/mol. The fourth-order valence-electron chi connectivity index (χ4n) is 1.57. The van der Waals surface area contributed by atoms with Gasteiger partial charge < -0.3 is 20.6 Å².